The Morgan fingerprint density at radius 3 is 2.33 bits per heavy atom. The standard InChI is InChI=1S/C6H11NO4S/c1-2-12(10,11)7-6(3-4-6)5(8)9/h7H,2-4H2,1H3,(H,8,9). The summed E-state index contributed by atoms with van der Waals surface area (Å²) in [6, 6.07) is 0. The summed E-state index contributed by atoms with van der Waals surface area (Å²) in [5, 5.41) is 8.64. The molecule has 1 aliphatic carbocycles. The van der Waals surface area contributed by atoms with Gasteiger partial charge in [-0.25, -0.2) is 8.42 Å². The molecule has 0 unspecified atom stereocenters. The summed E-state index contributed by atoms with van der Waals surface area (Å²) in [5.41, 5.74) is -1.19. The molecule has 0 atom stereocenters. The molecule has 12 heavy (non-hydrogen) atoms. The Morgan fingerprint density at radius 1 is 1.58 bits per heavy atom. The molecule has 0 radical (unpaired) electrons. The Hall–Kier alpha value is -0.620. The van der Waals surface area contributed by atoms with Gasteiger partial charge >= 0.3 is 5.97 Å². The molecule has 70 valence electrons. The minimum Gasteiger partial charge on any atom is -0.480 e. The summed E-state index contributed by atoms with van der Waals surface area (Å²) in [6.45, 7) is 1.47. The fourth-order valence-electron chi connectivity index (χ4n) is 0.854. The molecule has 0 amide bonds. The van der Waals surface area contributed by atoms with E-state index in [-0.39, 0.29) is 5.75 Å². The van der Waals surface area contributed by atoms with Gasteiger partial charge in [-0.05, 0) is 19.8 Å². The maximum Gasteiger partial charge on any atom is 0.324 e. The Bertz CT molecular complexity index is 291. The van der Waals surface area contributed by atoms with Crippen molar-refractivity contribution in [2.24, 2.45) is 0 Å². The van der Waals surface area contributed by atoms with E-state index in [4.69, 9.17) is 5.11 Å². The zero-order chi connectivity index (χ0) is 9.41. The van der Waals surface area contributed by atoms with Crippen LogP contribution >= 0.6 is 0 Å². The molecule has 0 spiro atoms. The summed E-state index contributed by atoms with van der Waals surface area (Å²) in [4.78, 5) is 10.6. The average molecular weight is 193 g/mol. The van der Waals surface area contributed by atoms with E-state index in [1.54, 1.807) is 0 Å². The Morgan fingerprint density at radius 2 is 2.08 bits per heavy atom. The van der Waals surface area contributed by atoms with Gasteiger partial charge in [-0.2, -0.15) is 4.72 Å². The molecule has 1 rings (SSSR count). The van der Waals surface area contributed by atoms with Crippen LogP contribution in [0, 0.1) is 0 Å². The number of aliphatic carboxylic acids is 1. The summed E-state index contributed by atoms with van der Waals surface area (Å²) in [5.74, 6) is -1.17. The summed E-state index contributed by atoms with van der Waals surface area (Å²) in [7, 11) is -3.39. The highest BCUT2D eigenvalue weighted by molar-refractivity contribution is 7.89. The largest absolute Gasteiger partial charge is 0.480 e. The van der Waals surface area contributed by atoms with Gasteiger partial charge in [-0.1, -0.05) is 0 Å². The Labute approximate surface area is 70.8 Å². The molecular weight excluding hydrogens is 182 g/mol. The predicted octanol–water partition coefficient (Wildman–Crippen LogP) is -0.457. The molecular formula is C6H11NO4S. The number of hydrogen-bond donors (Lipinski definition) is 2. The van der Waals surface area contributed by atoms with E-state index in [2.05, 4.69) is 4.72 Å². The highest BCUT2D eigenvalue weighted by Gasteiger charge is 2.52. The van der Waals surface area contributed by atoms with Crippen LogP contribution in [-0.2, 0) is 14.8 Å². The molecule has 6 heteroatoms. The first-order valence-corrected chi connectivity index (χ1v) is 5.32. The van der Waals surface area contributed by atoms with Gasteiger partial charge in [0.25, 0.3) is 0 Å². The van der Waals surface area contributed by atoms with E-state index in [1.165, 1.54) is 6.92 Å². The van der Waals surface area contributed by atoms with Gasteiger partial charge in [0, 0.05) is 0 Å². The Kier molecular flexibility index (Phi) is 2.13. The van der Waals surface area contributed by atoms with E-state index in [1.807, 2.05) is 0 Å². The van der Waals surface area contributed by atoms with Gasteiger partial charge in [0.2, 0.25) is 10.0 Å². The number of hydrogen-bond acceptors (Lipinski definition) is 3. The first kappa shape index (κ1) is 9.47. The number of rotatable bonds is 4. The van der Waals surface area contributed by atoms with Crippen LogP contribution in [0.25, 0.3) is 0 Å². The summed E-state index contributed by atoms with van der Waals surface area (Å²) < 4.78 is 24.1. The quantitative estimate of drug-likeness (QED) is 0.633. The van der Waals surface area contributed by atoms with Crippen LogP contribution in [0.4, 0.5) is 0 Å². The molecule has 5 nitrogen and oxygen atoms in total. The van der Waals surface area contributed by atoms with Crippen molar-refractivity contribution in [2.75, 3.05) is 5.75 Å². The maximum atomic E-state index is 11.0. The lowest BCUT2D eigenvalue weighted by atomic mass is 10.3. The van der Waals surface area contributed by atoms with Crippen molar-refractivity contribution >= 4 is 16.0 Å². The van der Waals surface area contributed by atoms with Gasteiger partial charge in [0.1, 0.15) is 5.54 Å². The van der Waals surface area contributed by atoms with Crippen molar-refractivity contribution in [3.8, 4) is 0 Å². The minimum absolute atomic E-state index is 0.0813. The van der Waals surface area contributed by atoms with Crippen molar-refractivity contribution in [1.82, 2.24) is 4.72 Å². The first-order chi connectivity index (χ1) is 5.42. The molecule has 0 aliphatic heterocycles. The molecule has 0 bridgehead atoms. The van der Waals surface area contributed by atoms with Gasteiger partial charge in [-0.15, -0.1) is 0 Å². The highest BCUT2D eigenvalue weighted by Crippen LogP contribution is 2.36. The smallest absolute Gasteiger partial charge is 0.324 e. The van der Waals surface area contributed by atoms with Gasteiger partial charge in [0.15, 0.2) is 0 Å². The van der Waals surface area contributed by atoms with Crippen molar-refractivity contribution in [2.45, 2.75) is 25.3 Å². The third-order valence-corrected chi connectivity index (χ3v) is 3.35. The van der Waals surface area contributed by atoms with Crippen LogP contribution in [0.5, 0.6) is 0 Å². The molecule has 0 saturated heterocycles. The van der Waals surface area contributed by atoms with Crippen molar-refractivity contribution in [1.29, 1.82) is 0 Å². The highest BCUT2D eigenvalue weighted by atomic mass is 32.2. The van der Waals surface area contributed by atoms with Crippen LogP contribution in [0.1, 0.15) is 19.8 Å². The molecule has 1 aliphatic rings. The molecule has 2 N–H and O–H groups in total. The predicted molar refractivity (Wildman–Crippen MR) is 42.2 cm³/mol. The number of sulfonamides is 1. The minimum atomic E-state index is -3.39. The number of nitrogens with one attached hydrogen (secondary N) is 1. The lowest BCUT2D eigenvalue weighted by molar-refractivity contribution is -0.140. The van der Waals surface area contributed by atoms with Gasteiger partial charge in [-0.3, -0.25) is 4.79 Å². The van der Waals surface area contributed by atoms with E-state index in [0.29, 0.717) is 12.8 Å². The SMILES string of the molecule is CCS(=O)(=O)NC1(C(=O)O)CC1. The Balaban J connectivity index is 2.70. The second-order valence-corrected chi connectivity index (χ2v) is 4.90. The van der Waals surface area contributed by atoms with Crippen LogP contribution in [0.15, 0.2) is 0 Å². The van der Waals surface area contributed by atoms with Crippen molar-refractivity contribution in [3.05, 3.63) is 0 Å². The second-order valence-electron chi connectivity index (χ2n) is 2.89. The lowest BCUT2D eigenvalue weighted by Gasteiger charge is -2.10. The zero-order valence-corrected chi connectivity index (χ0v) is 7.52. The number of carbonyl (C=O) groups is 1. The van der Waals surface area contributed by atoms with E-state index in [0.717, 1.165) is 0 Å². The average Bonchev–Trinajstić information content (AvgIpc) is 2.69. The van der Waals surface area contributed by atoms with Crippen LogP contribution in [0.3, 0.4) is 0 Å². The molecule has 0 aromatic carbocycles. The van der Waals surface area contributed by atoms with E-state index < -0.39 is 21.5 Å². The maximum absolute atomic E-state index is 11.0. The second kappa shape index (κ2) is 2.70. The zero-order valence-electron chi connectivity index (χ0n) is 6.70. The lowest BCUT2D eigenvalue weighted by Crippen LogP contribution is -2.43. The summed E-state index contributed by atoms with van der Waals surface area (Å²) >= 11 is 0. The van der Waals surface area contributed by atoms with Crippen LogP contribution < -0.4 is 4.72 Å². The van der Waals surface area contributed by atoms with Crippen molar-refractivity contribution < 1.29 is 18.3 Å². The van der Waals surface area contributed by atoms with E-state index >= 15 is 0 Å². The monoisotopic (exact) mass is 193 g/mol. The first-order valence-electron chi connectivity index (χ1n) is 3.67. The van der Waals surface area contributed by atoms with Crippen LogP contribution in [0.2, 0.25) is 0 Å². The van der Waals surface area contributed by atoms with Crippen LogP contribution in [-0.4, -0.2) is 30.8 Å². The third kappa shape index (κ3) is 1.75. The fourth-order valence-corrected chi connectivity index (χ4v) is 1.89. The van der Waals surface area contributed by atoms with Gasteiger partial charge < -0.3 is 5.11 Å². The summed E-state index contributed by atoms with van der Waals surface area (Å²) in [6.07, 6.45) is 0.781. The van der Waals surface area contributed by atoms with E-state index in [9.17, 15) is 13.2 Å². The van der Waals surface area contributed by atoms with Gasteiger partial charge in [0.05, 0.1) is 5.75 Å². The third-order valence-electron chi connectivity index (χ3n) is 1.89. The number of carboxylic acids is 1. The topological polar surface area (TPSA) is 83.5 Å². The molecule has 0 aromatic rings. The molecule has 1 saturated carbocycles. The molecule has 1 fully saturated rings. The molecule has 0 heterocycles. The van der Waals surface area contributed by atoms with Crippen molar-refractivity contribution in [3.63, 3.8) is 0 Å². The normalized spacial score (nSPS) is 20.4. The number of carboxylic acid groups (broad SMARTS) is 1. The molecule has 0 aromatic heterocycles. The fraction of sp³-hybridized carbons (Fsp3) is 0.833.